The number of carbonyl (C=O) groups excluding carboxylic acids is 1. The highest BCUT2D eigenvalue weighted by Gasteiger charge is 2.32. The predicted octanol–water partition coefficient (Wildman–Crippen LogP) is 0.557. The van der Waals surface area contributed by atoms with E-state index in [4.69, 9.17) is 0 Å². The zero-order valence-electron chi connectivity index (χ0n) is 8.37. The molecule has 0 atom stereocenters. The Morgan fingerprint density at radius 3 is 2.33 bits per heavy atom. The standard InChI is InChI=1S/C9H18N2O/c1-7(2)11-5-9(6-11)10(4)8(3)12/h7,9H,5-6H2,1-4H3. The van der Waals surface area contributed by atoms with Crippen LogP contribution in [0.3, 0.4) is 0 Å². The van der Waals surface area contributed by atoms with Crippen LogP contribution in [0, 0.1) is 0 Å². The first kappa shape index (κ1) is 9.52. The largest absolute Gasteiger partial charge is 0.340 e. The van der Waals surface area contributed by atoms with E-state index in [1.165, 1.54) is 0 Å². The van der Waals surface area contributed by atoms with Gasteiger partial charge >= 0.3 is 0 Å². The average molecular weight is 170 g/mol. The maximum Gasteiger partial charge on any atom is 0.219 e. The van der Waals surface area contributed by atoms with Crippen molar-refractivity contribution in [2.24, 2.45) is 0 Å². The van der Waals surface area contributed by atoms with Crippen LogP contribution < -0.4 is 0 Å². The topological polar surface area (TPSA) is 23.6 Å². The van der Waals surface area contributed by atoms with E-state index < -0.39 is 0 Å². The average Bonchev–Trinajstić information content (AvgIpc) is 1.82. The minimum atomic E-state index is 0.170. The van der Waals surface area contributed by atoms with Gasteiger partial charge < -0.3 is 4.90 Å². The molecule has 0 spiro atoms. The molecule has 12 heavy (non-hydrogen) atoms. The van der Waals surface area contributed by atoms with Gasteiger partial charge in [-0.3, -0.25) is 9.69 Å². The van der Waals surface area contributed by atoms with Crippen molar-refractivity contribution in [3.63, 3.8) is 0 Å². The molecule has 1 amide bonds. The quantitative estimate of drug-likeness (QED) is 0.604. The number of likely N-dealkylation sites (N-methyl/N-ethyl adjacent to an activating group) is 1. The summed E-state index contributed by atoms with van der Waals surface area (Å²) in [5.41, 5.74) is 0. The summed E-state index contributed by atoms with van der Waals surface area (Å²) in [6.45, 7) is 8.06. The fourth-order valence-electron chi connectivity index (χ4n) is 1.41. The normalized spacial score (nSPS) is 19.4. The first-order chi connectivity index (χ1) is 5.52. The lowest BCUT2D eigenvalue weighted by Crippen LogP contribution is -2.61. The third kappa shape index (κ3) is 1.78. The van der Waals surface area contributed by atoms with E-state index >= 15 is 0 Å². The van der Waals surface area contributed by atoms with Gasteiger partial charge in [0.05, 0.1) is 6.04 Å². The molecule has 3 nitrogen and oxygen atoms in total. The van der Waals surface area contributed by atoms with Gasteiger partial charge in [0.25, 0.3) is 0 Å². The second-order valence-corrected chi connectivity index (χ2v) is 3.83. The number of carbonyl (C=O) groups is 1. The Hall–Kier alpha value is -0.570. The molecule has 0 radical (unpaired) electrons. The zero-order valence-corrected chi connectivity index (χ0v) is 8.37. The Morgan fingerprint density at radius 1 is 1.50 bits per heavy atom. The van der Waals surface area contributed by atoms with Gasteiger partial charge in [0.1, 0.15) is 0 Å². The minimum Gasteiger partial charge on any atom is -0.340 e. The fraction of sp³-hybridized carbons (Fsp3) is 0.889. The molecule has 0 aliphatic carbocycles. The molecule has 1 saturated heterocycles. The van der Waals surface area contributed by atoms with Crippen LogP contribution >= 0.6 is 0 Å². The van der Waals surface area contributed by atoms with E-state index in [1.54, 1.807) is 6.92 Å². The van der Waals surface area contributed by atoms with Gasteiger partial charge in [0, 0.05) is 33.1 Å². The summed E-state index contributed by atoms with van der Waals surface area (Å²) in [7, 11) is 1.88. The lowest BCUT2D eigenvalue weighted by molar-refractivity contribution is -0.133. The molecule has 3 heteroatoms. The first-order valence-electron chi connectivity index (χ1n) is 4.49. The summed E-state index contributed by atoms with van der Waals surface area (Å²) < 4.78 is 0. The van der Waals surface area contributed by atoms with Crippen molar-refractivity contribution in [3.8, 4) is 0 Å². The second kappa shape index (κ2) is 3.44. The summed E-state index contributed by atoms with van der Waals surface area (Å²) in [5, 5.41) is 0. The maximum atomic E-state index is 11.0. The van der Waals surface area contributed by atoms with Crippen LogP contribution in [0.5, 0.6) is 0 Å². The summed E-state index contributed by atoms with van der Waals surface area (Å²) in [4.78, 5) is 15.2. The van der Waals surface area contributed by atoms with Crippen molar-refractivity contribution < 1.29 is 4.79 Å². The maximum absolute atomic E-state index is 11.0. The molecule has 0 bridgehead atoms. The minimum absolute atomic E-state index is 0.170. The molecule has 1 aliphatic heterocycles. The van der Waals surface area contributed by atoms with Crippen LogP contribution in [-0.4, -0.2) is 47.9 Å². The monoisotopic (exact) mass is 170 g/mol. The Kier molecular flexibility index (Phi) is 2.73. The fourth-order valence-corrected chi connectivity index (χ4v) is 1.41. The molecule has 1 aliphatic rings. The molecule has 0 saturated carbocycles. The van der Waals surface area contributed by atoms with Crippen LogP contribution in [0.1, 0.15) is 20.8 Å². The van der Waals surface area contributed by atoms with Gasteiger partial charge in [0.2, 0.25) is 5.91 Å². The smallest absolute Gasteiger partial charge is 0.219 e. The molecule has 70 valence electrons. The summed E-state index contributed by atoms with van der Waals surface area (Å²) in [5.74, 6) is 0.170. The number of hydrogen-bond donors (Lipinski definition) is 0. The van der Waals surface area contributed by atoms with E-state index in [0.29, 0.717) is 12.1 Å². The number of rotatable bonds is 2. The zero-order chi connectivity index (χ0) is 9.30. The van der Waals surface area contributed by atoms with Gasteiger partial charge in [-0.25, -0.2) is 0 Å². The number of likely N-dealkylation sites (tertiary alicyclic amines) is 1. The SMILES string of the molecule is CC(=O)N(C)C1CN(C(C)C)C1. The lowest BCUT2D eigenvalue weighted by atomic mass is 10.1. The first-order valence-corrected chi connectivity index (χ1v) is 4.49. The van der Waals surface area contributed by atoms with Gasteiger partial charge in [-0.2, -0.15) is 0 Å². The van der Waals surface area contributed by atoms with Gasteiger partial charge in [0.15, 0.2) is 0 Å². The van der Waals surface area contributed by atoms with E-state index in [2.05, 4.69) is 18.7 Å². The van der Waals surface area contributed by atoms with Gasteiger partial charge in [-0.1, -0.05) is 0 Å². The van der Waals surface area contributed by atoms with Crippen molar-refractivity contribution >= 4 is 5.91 Å². The van der Waals surface area contributed by atoms with Crippen molar-refractivity contribution in [2.75, 3.05) is 20.1 Å². The molecule has 1 heterocycles. The number of nitrogens with zero attached hydrogens (tertiary/aromatic N) is 2. The van der Waals surface area contributed by atoms with Gasteiger partial charge in [-0.15, -0.1) is 0 Å². The lowest BCUT2D eigenvalue weighted by Gasteiger charge is -2.45. The third-order valence-electron chi connectivity index (χ3n) is 2.67. The highest BCUT2D eigenvalue weighted by Crippen LogP contribution is 2.16. The van der Waals surface area contributed by atoms with Crippen LogP contribution in [-0.2, 0) is 4.79 Å². The molecular formula is C9H18N2O. The summed E-state index contributed by atoms with van der Waals surface area (Å²) in [6, 6.07) is 1.06. The van der Waals surface area contributed by atoms with Gasteiger partial charge in [-0.05, 0) is 13.8 Å². The molecular weight excluding hydrogens is 152 g/mol. The molecule has 1 fully saturated rings. The van der Waals surface area contributed by atoms with Crippen molar-refractivity contribution in [1.29, 1.82) is 0 Å². The van der Waals surface area contributed by atoms with Crippen LogP contribution in [0.4, 0.5) is 0 Å². The van der Waals surface area contributed by atoms with E-state index in [9.17, 15) is 4.79 Å². The highest BCUT2D eigenvalue weighted by molar-refractivity contribution is 5.73. The van der Waals surface area contributed by atoms with Crippen molar-refractivity contribution in [3.05, 3.63) is 0 Å². The van der Waals surface area contributed by atoms with E-state index in [-0.39, 0.29) is 5.91 Å². The van der Waals surface area contributed by atoms with Crippen LogP contribution in [0.15, 0.2) is 0 Å². The second-order valence-electron chi connectivity index (χ2n) is 3.83. The highest BCUT2D eigenvalue weighted by atomic mass is 16.2. The van der Waals surface area contributed by atoms with E-state index in [0.717, 1.165) is 13.1 Å². The molecule has 0 aromatic heterocycles. The summed E-state index contributed by atoms with van der Waals surface area (Å²) >= 11 is 0. The number of amides is 1. The van der Waals surface area contributed by atoms with Crippen molar-refractivity contribution in [2.45, 2.75) is 32.9 Å². The predicted molar refractivity (Wildman–Crippen MR) is 48.9 cm³/mol. The van der Waals surface area contributed by atoms with E-state index in [1.807, 2.05) is 11.9 Å². The van der Waals surface area contributed by atoms with Crippen LogP contribution in [0.2, 0.25) is 0 Å². The Balaban J connectivity index is 2.29. The van der Waals surface area contributed by atoms with Crippen LogP contribution in [0.25, 0.3) is 0 Å². The third-order valence-corrected chi connectivity index (χ3v) is 2.67. The summed E-state index contributed by atoms with van der Waals surface area (Å²) in [6.07, 6.45) is 0. The molecule has 0 aromatic rings. The Morgan fingerprint density at radius 2 is 2.00 bits per heavy atom. The molecule has 0 aromatic carbocycles. The molecule has 0 unspecified atom stereocenters. The number of hydrogen-bond acceptors (Lipinski definition) is 2. The molecule has 0 N–H and O–H groups in total. The van der Waals surface area contributed by atoms with Crippen molar-refractivity contribution in [1.82, 2.24) is 9.80 Å². The Bertz CT molecular complexity index is 173. The Labute approximate surface area is 74.3 Å². The molecule has 1 rings (SSSR count).